The number of nitrogens with zero attached hydrogens (tertiary/aromatic N) is 3. The lowest BCUT2D eigenvalue weighted by molar-refractivity contribution is 0.0265. The molecule has 0 amide bonds. The molecule has 0 saturated carbocycles. The summed E-state index contributed by atoms with van der Waals surface area (Å²) in [5, 5.41) is 3.86. The highest BCUT2D eigenvalue weighted by Crippen LogP contribution is 2.21. The maximum absolute atomic E-state index is 12.4. The van der Waals surface area contributed by atoms with Gasteiger partial charge in [-0.25, -0.2) is 13.2 Å². The summed E-state index contributed by atoms with van der Waals surface area (Å²) in [4.78, 5) is 20.6. The number of esters is 1. The van der Waals surface area contributed by atoms with E-state index in [1.165, 1.54) is 6.07 Å². The van der Waals surface area contributed by atoms with E-state index in [2.05, 4.69) is 15.1 Å². The zero-order valence-electron chi connectivity index (χ0n) is 14.7. The van der Waals surface area contributed by atoms with Gasteiger partial charge in [0.15, 0.2) is 15.9 Å². The van der Waals surface area contributed by atoms with E-state index in [4.69, 9.17) is 9.26 Å². The van der Waals surface area contributed by atoms with Gasteiger partial charge in [-0.05, 0) is 36.8 Å². The third-order valence-electron chi connectivity index (χ3n) is 3.58. The van der Waals surface area contributed by atoms with Crippen LogP contribution in [0.3, 0.4) is 0 Å². The molecule has 9 heteroatoms. The molecule has 140 valence electrons. The molecule has 2 aromatic heterocycles. The van der Waals surface area contributed by atoms with E-state index in [-0.39, 0.29) is 17.2 Å². The van der Waals surface area contributed by atoms with Crippen molar-refractivity contribution in [3.63, 3.8) is 0 Å². The maximum atomic E-state index is 12.4. The number of aromatic nitrogens is 3. The summed E-state index contributed by atoms with van der Waals surface area (Å²) in [6, 6.07) is 9.82. The van der Waals surface area contributed by atoms with Gasteiger partial charge in [-0.1, -0.05) is 17.3 Å². The zero-order chi connectivity index (χ0) is 19.4. The Bertz CT molecular complexity index is 1050. The molecule has 0 aliphatic rings. The molecule has 2 heterocycles. The Morgan fingerprint density at radius 3 is 2.78 bits per heavy atom. The zero-order valence-corrected chi connectivity index (χ0v) is 15.5. The van der Waals surface area contributed by atoms with Crippen LogP contribution in [-0.2, 0) is 20.3 Å². The second-order valence-electron chi connectivity index (χ2n) is 6.02. The van der Waals surface area contributed by atoms with E-state index in [0.717, 1.165) is 6.26 Å². The lowest BCUT2D eigenvalue weighted by Crippen LogP contribution is -2.10. The highest BCUT2D eigenvalue weighted by molar-refractivity contribution is 7.89. The molecule has 3 aromatic rings. The average molecular weight is 387 g/mol. The summed E-state index contributed by atoms with van der Waals surface area (Å²) in [6.45, 7) is 1.61. The number of rotatable bonds is 6. The van der Waals surface area contributed by atoms with E-state index in [1.54, 1.807) is 49.6 Å². The van der Waals surface area contributed by atoms with Crippen LogP contribution in [0.2, 0.25) is 0 Å². The number of hydrogen-bond donors (Lipinski definition) is 0. The van der Waals surface area contributed by atoms with Crippen LogP contribution >= 0.6 is 0 Å². The van der Waals surface area contributed by atoms with Crippen LogP contribution in [0, 0.1) is 0 Å². The fourth-order valence-corrected chi connectivity index (χ4v) is 3.17. The van der Waals surface area contributed by atoms with Crippen LogP contribution in [0.25, 0.3) is 11.4 Å². The van der Waals surface area contributed by atoms with Crippen molar-refractivity contribution < 1.29 is 22.5 Å². The van der Waals surface area contributed by atoms with Crippen molar-refractivity contribution in [1.29, 1.82) is 0 Å². The Kier molecular flexibility index (Phi) is 5.31. The van der Waals surface area contributed by atoms with Gasteiger partial charge in [0, 0.05) is 24.2 Å². The first-order valence-corrected chi connectivity index (χ1v) is 10.1. The van der Waals surface area contributed by atoms with E-state index in [1.807, 2.05) is 0 Å². The third-order valence-corrected chi connectivity index (χ3v) is 4.44. The monoisotopic (exact) mass is 387 g/mol. The fraction of sp³-hybridized carbons (Fsp3) is 0.222. The van der Waals surface area contributed by atoms with Gasteiger partial charge in [-0.3, -0.25) is 4.98 Å². The van der Waals surface area contributed by atoms with E-state index >= 15 is 0 Å². The van der Waals surface area contributed by atoms with Crippen molar-refractivity contribution in [3.8, 4) is 11.4 Å². The first-order chi connectivity index (χ1) is 12.8. The Balaban J connectivity index is 1.71. The molecular weight excluding hydrogens is 370 g/mol. The van der Waals surface area contributed by atoms with Crippen LogP contribution in [0.1, 0.15) is 34.8 Å². The Hall–Kier alpha value is -3.07. The molecule has 0 N–H and O–H groups in total. The molecule has 0 fully saturated rings. The van der Waals surface area contributed by atoms with Gasteiger partial charge in [-0.15, -0.1) is 0 Å². The predicted molar refractivity (Wildman–Crippen MR) is 96.3 cm³/mol. The van der Waals surface area contributed by atoms with E-state index < -0.39 is 21.9 Å². The molecule has 0 aliphatic heterocycles. The average Bonchev–Trinajstić information content (AvgIpc) is 3.11. The highest BCUT2D eigenvalue weighted by atomic mass is 32.2. The summed E-state index contributed by atoms with van der Waals surface area (Å²) >= 11 is 0. The van der Waals surface area contributed by atoms with Crippen molar-refractivity contribution >= 4 is 15.8 Å². The molecule has 27 heavy (non-hydrogen) atoms. The van der Waals surface area contributed by atoms with Crippen molar-refractivity contribution in [2.75, 3.05) is 6.26 Å². The number of pyridine rings is 1. The molecule has 0 radical (unpaired) electrons. The fourth-order valence-electron chi connectivity index (χ4n) is 2.38. The molecule has 0 saturated heterocycles. The number of sulfone groups is 1. The van der Waals surface area contributed by atoms with Gasteiger partial charge in [-0.2, -0.15) is 4.98 Å². The van der Waals surface area contributed by atoms with Crippen molar-refractivity contribution in [1.82, 2.24) is 15.1 Å². The van der Waals surface area contributed by atoms with Crippen LogP contribution in [0.15, 0.2) is 53.3 Å². The van der Waals surface area contributed by atoms with Crippen molar-refractivity contribution in [2.45, 2.75) is 18.8 Å². The lowest BCUT2D eigenvalue weighted by atomic mass is 10.1. The minimum absolute atomic E-state index is 0.148. The summed E-state index contributed by atoms with van der Waals surface area (Å²) in [5.74, 6) is -0.272. The normalized spacial score (nSPS) is 12.5. The van der Waals surface area contributed by atoms with Crippen LogP contribution in [0.4, 0.5) is 0 Å². The number of benzene rings is 1. The van der Waals surface area contributed by atoms with Crippen molar-refractivity contribution in [3.05, 3.63) is 65.8 Å². The van der Waals surface area contributed by atoms with Crippen LogP contribution in [-0.4, -0.2) is 35.8 Å². The largest absolute Gasteiger partial charge is 0.449 e. The Labute approximate surface area is 156 Å². The maximum Gasteiger partial charge on any atom is 0.338 e. The van der Waals surface area contributed by atoms with Gasteiger partial charge in [0.25, 0.3) is 5.89 Å². The topological polar surface area (TPSA) is 112 Å². The molecule has 8 nitrogen and oxygen atoms in total. The molecule has 3 rings (SSSR count). The second-order valence-corrected chi connectivity index (χ2v) is 8.16. The lowest BCUT2D eigenvalue weighted by Gasteiger charge is -2.10. The van der Waals surface area contributed by atoms with Gasteiger partial charge in [0.1, 0.15) is 0 Å². The second kappa shape index (κ2) is 7.67. The van der Waals surface area contributed by atoms with E-state index in [9.17, 15) is 13.2 Å². The summed E-state index contributed by atoms with van der Waals surface area (Å²) in [6.07, 6.45) is 3.59. The number of carbonyl (C=O) groups excluding carboxylic acids is 1. The quantitative estimate of drug-likeness (QED) is 0.593. The summed E-state index contributed by atoms with van der Waals surface area (Å²) in [5.41, 5.74) is 1.44. The van der Waals surface area contributed by atoms with Gasteiger partial charge in [0.05, 0.1) is 11.3 Å². The molecular formula is C18H17N3O5S. The number of ether oxygens (including phenoxy) is 1. The summed E-state index contributed by atoms with van der Waals surface area (Å²) in [7, 11) is -3.20. The smallest absolute Gasteiger partial charge is 0.338 e. The standard InChI is InChI=1S/C18H17N3O5S/c1-12(17-20-16(21-26-17)15-7-4-8-19-10-15)25-18(22)14-6-3-5-13(9-14)11-27(2,23)24/h3-10,12H,11H2,1-2H3. The minimum atomic E-state index is -3.20. The van der Waals surface area contributed by atoms with Crippen LogP contribution in [0.5, 0.6) is 0 Å². The van der Waals surface area contributed by atoms with Crippen molar-refractivity contribution in [2.24, 2.45) is 0 Å². The number of carbonyl (C=O) groups is 1. The predicted octanol–water partition coefficient (Wildman–Crippen LogP) is 2.59. The molecule has 0 aliphatic carbocycles. The SMILES string of the molecule is CC(OC(=O)c1cccc(CS(C)(=O)=O)c1)c1nc(-c2cccnc2)no1. The van der Waals surface area contributed by atoms with Gasteiger partial charge in [0.2, 0.25) is 5.82 Å². The van der Waals surface area contributed by atoms with E-state index in [0.29, 0.717) is 17.0 Å². The van der Waals surface area contributed by atoms with Crippen LogP contribution < -0.4 is 0 Å². The molecule has 1 unspecified atom stereocenters. The summed E-state index contributed by atoms with van der Waals surface area (Å²) < 4.78 is 33.3. The Morgan fingerprint density at radius 2 is 2.07 bits per heavy atom. The highest BCUT2D eigenvalue weighted by Gasteiger charge is 2.20. The van der Waals surface area contributed by atoms with Gasteiger partial charge < -0.3 is 9.26 Å². The molecule has 1 aromatic carbocycles. The first-order valence-electron chi connectivity index (χ1n) is 8.03. The third kappa shape index (κ3) is 4.98. The molecule has 0 bridgehead atoms. The minimum Gasteiger partial charge on any atom is -0.449 e. The first kappa shape index (κ1) is 18.7. The molecule has 0 spiro atoms. The number of hydrogen-bond acceptors (Lipinski definition) is 8. The van der Waals surface area contributed by atoms with Gasteiger partial charge >= 0.3 is 5.97 Å². The Morgan fingerprint density at radius 1 is 1.26 bits per heavy atom. The molecule has 1 atom stereocenters.